The summed E-state index contributed by atoms with van der Waals surface area (Å²) in [6, 6.07) is 8.56. The number of hydrogen-bond donors (Lipinski definition) is 1. The number of nitrogens with zero attached hydrogens (tertiary/aromatic N) is 1. The Labute approximate surface area is 144 Å². The Morgan fingerprint density at radius 1 is 1.38 bits per heavy atom. The van der Waals surface area contributed by atoms with Crippen LogP contribution in [0.5, 0.6) is 0 Å². The molecule has 1 spiro atoms. The van der Waals surface area contributed by atoms with E-state index in [9.17, 15) is 4.79 Å². The van der Waals surface area contributed by atoms with Crippen molar-refractivity contribution in [2.24, 2.45) is 0 Å². The highest BCUT2D eigenvalue weighted by atomic mass is 16.6. The zero-order valence-corrected chi connectivity index (χ0v) is 14.7. The van der Waals surface area contributed by atoms with Crippen molar-refractivity contribution in [3.8, 4) is 0 Å². The lowest BCUT2D eigenvalue weighted by Gasteiger charge is -2.37. The molecule has 24 heavy (non-hydrogen) atoms. The molecule has 1 aromatic rings. The number of hydrogen-bond acceptors (Lipinski definition) is 4. The van der Waals surface area contributed by atoms with Gasteiger partial charge in [-0.1, -0.05) is 12.1 Å². The molecule has 2 atom stereocenters. The first-order chi connectivity index (χ1) is 11.6. The molecule has 0 unspecified atom stereocenters. The van der Waals surface area contributed by atoms with Crippen molar-refractivity contribution in [2.75, 3.05) is 38.8 Å². The molecule has 0 radical (unpaired) electrons. The Hall–Kier alpha value is -1.59. The minimum Gasteiger partial charge on any atom is -0.378 e. The fourth-order valence-corrected chi connectivity index (χ4v) is 3.56. The van der Waals surface area contributed by atoms with E-state index in [1.807, 2.05) is 20.2 Å². The summed E-state index contributed by atoms with van der Waals surface area (Å²) in [5.41, 5.74) is 2.21. The van der Waals surface area contributed by atoms with Crippen LogP contribution in [0.15, 0.2) is 24.3 Å². The third-order valence-electron chi connectivity index (χ3n) is 4.99. The molecule has 3 rings (SSSR count). The number of rotatable bonds is 5. The summed E-state index contributed by atoms with van der Waals surface area (Å²) < 4.78 is 11.4. The molecule has 132 valence electrons. The predicted molar refractivity (Wildman–Crippen MR) is 94.4 cm³/mol. The smallest absolute Gasteiger partial charge is 0.220 e. The second-order valence-corrected chi connectivity index (χ2v) is 7.16. The quantitative estimate of drug-likeness (QED) is 0.897. The molecule has 2 heterocycles. The van der Waals surface area contributed by atoms with Gasteiger partial charge in [0.05, 0.1) is 12.2 Å². The number of ether oxygens (including phenoxy) is 2. The van der Waals surface area contributed by atoms with Gasteiger partial charge in [0.15, 0.2) is 0 Å². The van der Waals surface area contributed by atoms with Crippen LogP contribution in [-0.2, 0) is 20.7 Å². The molecule has 0 aromatic heterocycles. The van der Waals surface area contributed by atoms with Crippen LogP contribution in [0.4, 0.5) is 5.69 Å². The molecule has 2 fully saturated rings. The molecule has 5 nitrogen and oxygen atoms in total. The van der Waals surface area contributed by atoms with Crippen LogP contribution >= 0.6 is 0 Å². The number of amides is 1. The number of carbonyl (C=O) groups excluding carboxylic acids is 1. The zero-order valence-electron chi connectivity index (χ0n) is 14.7. The van der Waals surface area contributed by atoms with Gasteiger partial charge < -0.3 is 19.7 Å². The van der Waals surface area contributed by atoms with Gasteiger partial charge in [-0.25, -0.2) is 0 Å². The van der Waals surface area contributed by atoms with Crippen LogP contribution in [0.25, 0.3) is 0 Å². The Kier molecular flexibility index (Phi) is 5.41. The lowest BCUT2D eigenvalue weighted by molar-refractivity contribution is -0.125. The fourth-order valence-electron chi connectivity index (χ4n) is 3.56. The molecule has 1 N–H and O–H groups in total. The number of carbonyl (C=O) groups is 1. The average Bonchev–Trinajstić information content (AvgIpc) is 3.01. The Morgan fingerprint density at radius 2 is 2.25 bits per heavy atom. The molecule has 0 aliphatic carbocycles. The molecule has 2 aliphatic heterocycles. The molecule has 2 saturated heterocycles. The van der Waals surface area contributed by atoms with Gasteiger partial charge in [0.1, 0.15) is 0 Å². The van der Waals surface area contributed by atoms with Crippen LogP contribution in [0, 0.1) is 0 Å². The first-order valence-electron chi connectivity index (χ1n) is 8.84. The van der Waals surface area contributed by atoms with Gasteiger partial charge in [-0.2, -0.15) is 0 Å². The van der Waals surface area contributed by atoms with E-state index in [-0.39, 0.29) is 17.6 Å². The third-order valence-corrected chi connectivity index (χ3v) is 4.99. The van der Waals surface area contributed by atoms with Crippen molar-refractivity contribution >= 4 is 11.6 Å². The van der Waals surface area contributed by atoms with Gasteiger partial charge >= 0.3 is 0 Å². The van der Waals surface area contributed by atoms with Crippen molar-refractivity contribution in [2.45, 2.75) is 43.7 Å². The van der Waals surface area contributed by atoms with E-state index in [4.69, 9.17) is 9.47 Å². The van der Waals surface area contributed by atoms with Crippen LogP contribution in [0.3, 0.4) is 0 Å². The van der Waals surface area contributed by atoms with E-state index in [0.717, 1.165) is 32.3 Å². The van der Waals surface area contributed by atoms with Gasteiger partial charge in [-0.15, -0.1) is 0 Å². The largest absolute Gasteiger partial charge is 0.378 e. The number of benzene rings is 1. The Morgan fingerprint density at radius 3 is 3.00 bits per heavy atom. The van der Waals surface area contributed by atoms with Gasteiger partial charge in [-0.3, -0.25) is 4.79 Å². The summed E-state index contributed by atoms with van der Waals surface area (Å²) in [6.07, 6.45) is 4.00. The van der Waals surface area contributed by atoms with Crippen molar-refractivity contribution in [3.05, 3.63) is 29.8 Å². The predicted octanol–water partition coefficient (Wildman–Crippen LogP) is 2.14. The maximum Gasteiger partial charge on any atom is 0.220 e. The lowest BCUT2D eigenvalue weighted by Crippen LogP contribution is -2.49. The van der Waals surface area contributed by atoms with Gasteiger partial charge in [0.2, 0.25) is 5.91 Å². The van der Waals surface area contributed by atoms with E-state index in [1.54, 1.807) is 0 Å². The van der Waals surface area contributed by atoms with Crippen molar-refractivity contribution in [1.29, 1.82) is 0 Å². The second kappa shape index (κ2) is 7.53. The molecule has 1 amide bonds. The average molecular weight is 332 g/mol. The summed E-state index contributed by atoms with van der Waals surface area (Å²) in [6.45, 7) is 2.14. The summed E-state index contributed by atoms with van der Waals surface area (Å²) in [5, 5.41) is 3.19. The molecular weight excluding hydrogens is 304 g/mol. The van der Waals surface area contributed by atoms with Crippen LogP contribution < -0.4 is 10.2 Å². The second-order valence-electron chi connectivity index (χ2n) is 7.16. The molecular formula is C19H28N2O3. The van der Waals surface area contributed by atoms with Crippen molar-refractivity contribution < 1.29 is 14.3 Å². The van der Waals surface area contributed by atoms with E-state index in [2.05, 4.69) is 28.4 Å². The monoisotopic (exact) mass is 332 g/mol. The minimum atomic E-state index is -0.157. The molecule has 0 saturated carbocycles. The Balaban J connectivity index is 1.48. The molecule has 5 heteroatoms. The summed E-state index contributed by atoms with van der Waals surface area (Å²) >= 11 is 0. The first kappa shape index (κ1) is 17.2. The van der Waals surface area contributed by atoms with Crippen LogP contribution in [0.2, 0.25) is 0 Å². The maximum absolute atomic E-state index is 12.3. The van der Waals surface area contributed by atoms with E-state index < -0.39 is 0 Å². The van der Waals surface area contributed by atoms with E-state index in [0.29, 0.717) is 19.6 Å². The zero-order chi connectivity index (χ0) is 17.0. The summed E-state index contributed by atoms with van der Waals surface area (Å²) in [4.78, 5) is 14.4. The molecule has 0 bridgehead atoms. The maximum atomic E-state index is 12.3. The third kappa shape index (κ3) is 4.28. The van der Waals surface area contributed by atoms with Crippen LogP contribution in [-0.4, -0.2) is 51.5 Å². The standard InChI is InChI=1S/C19H28N2O3/c1-21(2)17-5-3-4-15(12-17)6-7-18(22)20-16-8-10-24-19(13-16)9-11-23-14-19/h3-5,12,16H,6-11,13-14H2,1-2H3,(H,20,22)/t16-,19+/m0/s1. The van der Waals surface area contributed by atoms with Crippen LogP contribution in [0.1, 0.15) is 31.2 Å². The van der Waals surface area contributed by atoms with E-state index in [1.165, 1.54) is 11.3 Å². The summed E-state index contributed by atoms with van der Waals surface area (Å²) in [7, 11) is 4.05. The molecule has 2 aliphatic rings. The highest BCUT2D eigenvalue weighted by molar-refractivity contribution is 5.76. The highest BCUT2D eigenvalue weighted by Gasteiger charge is 2.41. The molecule has 1 aromatic carbocycles. The van der Waals surface area contributed by atoms with Gasteiger partial charge in [0, 0.05) is 51.9 Å². The lowest BCUT2D eigenvalue weighted by atomic mass is 9.89. The number of aryl methyl sites for hydroxylation is 1. The minimum absolute atomic E-state index is 0.131. The summed E-state index contributed by atoms with van der Waals surface area (Å²) in [5.74, 6) is 0.131. The normalized spacial score (nSPS) is 26.5. The highest BCUT2D eigenvalue weighted by Crippen LogP contribution is 2.32. The Bertz CT molecular complexity index is 567. The van der Waals surface area contributed by atoms with Gasteiger partial charge in [0.25, 0.3) is 0 Å². The van der Waals surface area contributed by atoms with E-state index >= 15 is 0 Å². The topological polar surface area (TPSA) is 50.8 Å². The van der Waals surface area contributed by atoms with Crippen molar-refractivity contribution in [1.82, 2.24) is 5.32 Å². The fraction of sp³-hybridized carbons (Fsp3) is 0.632. The SMILES string of the molecule is CN(C)c1cccc(CCC(=O)N[C@H]2CCO[C@]3(CCOC3)C2)c1. The van der Waals surface area contributed by atoms with Gasteiger partial charge in [-0.05, 0) is 37.0 Å². The number of nitrogens with one attached hydrogen (secondary N) is 1. The number of anilines is 1. The first-order valence-corrected chi connectivity index (χ1v) is 8.84. The van der Waals surface area contributed by atoms with Crippen molar-refractivity contribution in [3.63, 3.8) is 0 Å².